The number of rotatable bonds is 9. The lowest BCUT2D eigenvalue weighted by atomic mass is 10.0. The SMILES string of the molecule is CC(C)C(NC(=O)c1ccc([N+](=O)[O-])cc1Cl)C(=O)NCCNC(=O)c1cccnc1. The van der Waals surface area contributed by atoms with Crippen LogP contribution in [-0.4, -0.2) is 46.8 Å². The molecule has 1 unspecified atom stereocenters. The number of non-ortho nitro benzene ring substituents is 1. The number of carbonyl (C=O) groups is 3. The van der Waals surface area contributed by atoms with Crippen molar-refractivity contribution in [3.63, 3.8) is 0 Å². The van der Waals surface area contributed by atoms with Crippen LogP contribution in [0, 0.1) is 16.0 Å². The van der Waals surface area contributed by atoms with E-state index in [2.05, 4.69) is 20.9 Å². The molecule has 2 aromatic rings. The first kappa shape index (κ1) is 23.7. The van der Waals surface area contributed by atoms with Gasteiger partial charge in [0.15, 0.2) is 0 Å². The van der Waals surface area contributed by atoms with Crippen molar-refractivity contribution in [2.24, 2.45) is 5.92 Å². The van der Waals surface area contributed by atoms with E-state index in [1.165, 1.54) is 12.3 Å². The Morgan fingerprint density at radius 1 is 1.13 bits per heavy atom. The van der Waals surface area contributed by atoms with Crippen LogP contribution < -0.4 is 16.0 Å². The summed E-state index contributed by atoms with van der Waals surface area (Å²) in [4.78, 5) is 51.1. The van der Waals surface area contributed by atoms with Crippen LogP contribution in [0.15, 0.2) is 42.7 Å². The minimum atomic E-state index is -0.868. The fourth-order valence-corrected chi connectivity index (χ4v) is 2.89. The number of nitrogens with one attached hydrogen (secondary N) is 3. The Morgan fingerprint density at radius 2 is 1.84 bits per heavy atom. The molecule has 1 heterocycles. The number of carbonyl (C=O) groups excluding carboxylic acids is 3. The van der Waals surface area contributed by atoms with Crippen molar-refractivity contribution in [1.29, 1.82) is 0 Å². The highest BCUT2D eigenvalue weighted by atomic mass is 35.5. The Kier molecular flexibility index (Phi) is 8.44. The molecule has 1 aromatic carbocycles. The molecule has 1 aromatic heterocycles. The first-order valence-electron chi connectivity index (χ1n) is 9.41. The second-order valence-corrected chi connectivity index (χ2v) is 7.31. The molecule has 31 heavy (non-hydrogen) atoms. The van der Waals surface area contributed by atoms with Gasteiger partial charge < -0.3 is 16.0 Å². The zero-order valence-corrected chi connectivity index (χ0v) is 17.7. The van der Waals surface area contributed by atoms with Crippen LogP contribution in [0.1, 0.15) is 34.6 Å². The van der Waals surface area contributed by atoms with E-state index in [1.807, 2.05) is 0 Å². The molecule has 2 rings (SSSR count). The lowest BCUT2D eigenvalue weighted by Gasteiger charge is -2.22. The number of pyridine rings is 1. The van der Waals surface area contributed by atoms with Crippen molar-refractivity contribution in [1.82, 2.24) is 20.9 Å². The minimum absolute atomic E-state index is 0.0226. The fraction of sp³-hybridized carbons (Fsp3) is 0.300. The first-order valence-corrected chi connectivity index (χ1v) is 9.79. The topological polar surface area (TPSA) is 143 Å². The van der Waals surface area contributed by atoms with E-state index in [4.69, 9.17) is 11.6 Å². The standard InChI is InChI=1S/C20H22ClN5O5/c1-12(2)17(25-19(28)15-6-5-14(26(30)31)10-16(15)21)20(29)24-9-8-23-18(27)13-4-3-7-22-11-13/h3-7,10-12,17H,8-9H2,1-2H3,(H,23,27)(H,24,29)(H,25,28). The molecule has 164 valence electrons. The monoisotopic (exact) mass is 447 g/mol. The highest BCUT2D eigenvalue weighted by Crippen LogP contribution is 2.22. The van der Waals surface area contributed by atoms with Crippen molar-refractivity contribution in [3.8, 4) is 0 Å². The molecule has 0 aliphatic rings. The number of halogens is 1. The molecule has 0 aliphatic heterocycles. The highest BCUT2D eigenvalue weighted by Gasteiger charge is 2.25. The van der Waals surface area contributed by atoms with Gasteiger partial charge in [0, 0.05) is 37.6 Å². The molecule has 0 radical (unpaired) electrons. The number of hydrogen-bond donors (Lipinski definition) is 3. The normalized spacial score (nSPS) is 11.5. The molecule has 0 saturated heterocycles. The molecular weight excluding hydrogens is 426 g/mol. The maximum atomic E-state index is 12.5. The molecule has 0 fully saturated rings. The Balaban J connectivity index is 1.91. The summed E-state index contributed by atoms with van der Waals surface area (Å²) in [5, 5.41) is 18.6. The van der Waals surface area contributed by atoms with Gasteiger partial charge in [-0.1, -0.05) is 25.4 Å². The van der Waals surface area contributed by atoms with E-state index in [0.29, 0.717) is 5.56 Å². The molecule has 0 aliphatic carbocycles. The van der Waals surface area contributed by atoms with E-state index < -0.39 is 22.8 Å². The second kappa shape index (κ2) is 11.0. The molecule has 1 atom stereocenters. The van der Waals surface area contributed by atoms with Gasteiger partial charge >= 0.3 is 0 Å². The van der Waals surface area contributed by atoms with Crippen molar-refractivity contribution in [2.45, 2.75) is 19.9 Å². The smallest absolute Gasteiger partial charge is 0.270 e. The predicted molar refractivity (Wildman–Crippen MR) is 114 cm³/mol. The third-order valence-corrected chi connectivity index (χ3v) is 4.59. The van der Waals surface area contributed by atoms with Gasteiger partial charge in [-0.3, -0.25) is 29.5 Å². The van der Waals surface area contributed by atoms with Crippen LogP contribution in [0.5, 0.6) is 0 Å². The van der Waals surface area contributed by atoms with Crippen LogP contribution in [0.4, 0.5) is 5.69 Å². The largest absolute Gasteiger partial charge is 0.353 e. The summed E-state index contributed by atoms with van der Waals surface area (Å²) in [6.07, 6.45) is 2.99. The van der Waals surface area contributed by atoms with E-state index in [-0.39, 0.29) is 41.2 Å². The highest BCUT2D eigenvalue weighted by molar-refractivity contribution is 6.34. The third kappa shape index (κ3) is 6.75. The number of nitrogens with zero attached hydrogens (tertiary/aromatic N) is 2. The zero-order valence-electron chi connectivity index (χ0n) is 16.9. The van der Waals surface area contributed by atoms with Gasteiger partial charge in [-0.2, -0.15) is 0 Å². The summed E-state index contributed by atoms with van der Waals surface area (Å²) in [5.74, 6) is -1.62. The number of nitro benzene ring substituents is 1. The summed E-state index contributed by atoms with van der Waals surface area (Å²) >= 11 is 5.98. The molecule has 0 spiro atoms. The van der Waals surface area contributed by atoms with Crippen molar-refractivity contribution < 1.29 is 19.3 Å². The average Bonchev–Trinajstić information content (AvgIpc) is 2.74. The van der Waals surface area contributed by atoms with Gasteiger partial charge in [-0.05, 0) is 24.1 Å². The third-order valence-electron chi connectivity index (χ3n) is 4.28. The van der Waals surface area contributed by atoms with Gasteiger partial charge in [0.25, 0.3) is 17.5 Å². The van der Waals surface area contributed by atoms with E-state index in [0.717, 1.165) is 12.1 Å². The number of hydrogen-bond acceptors (Lipinski definition) is 6. The Bertz CT molecular complexity index is 968. The van der Waals surface area contributed by atoms with Crippen molar-refractivity contribution in [2.75, 3.05) is 13.1 Å². The van der Waals surface area contributed by atoms with E-state index in [9.17, 15) is 24.5 Å². The van der Waals surface area contributed by atoms with Gasteiger partial charge in [0.05, 0.1) is 21.1 Å². The number of aromatic nitrogens is 1. The maximum Gasteiger partial charge on any atom is 0.270 e. The summed E-state index contributed by atoms with van der Waals surface area (Å²) in [6, 6.07) is 5.87. The fourth-order valence-electron chi connectivity index (χ4n) is 2.63. The summed E-state index contributed by atoms with van der Waals surface area (Å²) in [5.41, 5.74) is 0.184. The molecule has 3 amide bonds. The number of amides is 3. The molecule has 11 heteroatoms. The van der Waals surface area contributed by atoms with Gasteiger partial charge in [0.2, 0.25) is 5.91 Å². The summed E-state index contributed by atoms with van der Waals surface area (Å²) < 4.78 is 0. The predicted octanol–water partition coefficient (Wildman–Crippen LogP) is 1.94. The molecule has 3 N–H and O–H groups in total. The first-order chi connectivity index (χ1) is 14.7. The molecule has 0 bridgehead atoms. The van der Waals surface area contributed by atoms with Crippen LogP contribution in [0.2, 0.25) is 5.02 Å². The maximum absolute atomic E-state index is 12.5. The lowest BCUT2D eigenvalue weighted by Crippen LogP contribution is -2.50. The van der Waals surface area contributed by atoms with E-state index in [1.54, 1.807) is 32.2 Å². The Morgan fingerprint density at radius 3 is 2.42 bits per heavy atom. The molecular formula is C20H22ClN5O5. The average molecular weight is 448 g/mol. The van der Waals surface area contributed by atoms with Gasteiger partial charge in [0.1, 0.15) is 6.04 Å². The van der Waals surface area contributed by atoms with Crippen LogP contribution in [0.25, 0.3) is 0 Å². The van der Waals surface area contributed by atoms with Gasteiger partial charge in [-0.25, -0.2) is 0 Å². The van der Waals surface area contributed by atoms with Crippen molar-refractivity contribution >= 4 is 35.0 Å². The quantitative estimate of drug-likeness (QED) is 0.304. The summed E-state index contributed by atoms with van der Waals surface area (Å²) in [6.45, 7) is 3.85. The minimum Gasteiger partial charge on any atom is -0.353 e. The van der Waals surface area contributed by atoms with E-state index >= 15 is 0 Å². The van der Waals surface area contributed by atoms with Crippen LogP contribution in [-0.2, 0) is 4.79 Å². The Labute approximate surface area is 183 Å². The second-order valence-electron chi connectivity index (χ2n) is 6.91. The Hall–Kier alpha value is -3.53. The lowest BCUT2D eigenvalue weighted by molar-refractivity contribution is -0.384. The number of benzene rings is 1. The van der Waals surface area contributed by atoms with Crippen LogP contribution in [0.3, 0.4) is 0 Å². The zero-order chi connectivity index (χ0) is 23.0. The number of nitro groups is 1. The van der Waals surface area contributed by atoms with Gasteiger partial charge in [-0.15, -0.1) is 0 Å². The molecule has 0 saturated carbocycles. The summed E-state index contributed by atoms with van der Waals surface area (Å²) in [7, 11) is 0. The van der Waals surface area contributed by atoms with Crippen molar-refractivity contribution in [3.05, 3.63) is 69.0 Å². The molecule has 10 nitrogen and oxygen atoms in total. The van der Waals surface area contributed by atoms with Crippen LogP contribution >= 0.6 is 11.6 Å².